The minimum absolute atomic E-state index is 0.0461. The van der Waals surface area contributed by atoms with Crippen LogP contribution in [0.1, 0.15) is 25.6 Å². The van der Waals surface area contributed by atoms with Crippen molar-refractivity contribution < 1.29 is 59.3 Å². The summed E-state index contributed by atoms with van der Waals surface area (Å²) in [5.41, 5.74) is 0.0124. The molecule has 0 spiro atoms. The Balaban J connectivity index is 2.33. The smallest absolute Gasteiger partial charge is 0.422 e. The molecule has 0 fully saturated rings. The molecule has 2 N–H and O–H groups in total. The van der Waals surface area contributed by atoms with Crippen LogP contribution in [0.3, 0.4) is 0 Å². The number of anilines is 2. The minimum Gasteiger partial charge on any atom is -0.487 e. The molecule has 2 rings (SSSR count). The van der Waals surface area contributed by atoms with Crippen molar-refractivity contribution in [2.24, 2.45) is 0 Å². The number of halogens is 7. The zero-order valence-electron chi connectivity index (χ0n) is 19.6. The lowest BCUT2D eigenvalue weighted by molar-refractivity contribution is -0.153. The van der Waals surface area contributed by atoms with E-state index in [-0.39, 0.29) is 31.8 Å². The van der Waals surface area contributed by atoms with Gasteiger partial charge in [0.25, 0.3) is 0 Å². The molecule has 17 heteroatoms. The second-order valence-electron chi connectivity index (χ2n) is 7.27. The summed E-state index contributed by atoms with van der Waals surface area (Å²) in [4.78, 5) is 24.3. The predicted molar refractivity (Wildman–Crippen MR) is 126 cm³/mol. The van der Waals surface area contributed by atoms with Gasteiger partial charge in [0.2, 0.25) is 0 Å². The van der Waals surface area contributed by atoms with Crippen molar-refractivity contribution in [2.45, 2.75) is 25.4 Å². The average molecular weight is 593 g/mol. The highest BCUT2D eigenvalue weighted by molar-refractivity contribution is 7.80. The number of thiocarbonyl (C=S) groups is 1. The second-order valence-corrected chi connectivity index (χ2v) is 8.70. The molecule has 0 aliphatic rings. The summed E-state index contributed by atoms with van der Waals surface area (Å²) in [5.74, 6) is -7.16. The van der Waals surface area contributed by atoms with Crippen LogP contribution in [0.5, 0.6) is 11.5 Å². The van der Waals surface area contributed by atoms with E-state index >= 15 is 0 Å². The highest BCUT2D eigenvalue weighted by atomic mass is 32.1. The van der Waals surface area contributed by atoms with Gasteiger partial charge >= 0.3 is 30.5 Å². The fourth-order valence-corrected chi connectivity index (χ4v) is 4.12. The normalized spacial score (nSPS) is 11.7. The van der Waals surface area contributed by atoms with Crippen LogP contribution in [-0.2, 0) is 9.47 Å². The maximum absolute atomic E-state index is 13.3. The van der Waals surface area contributed by atoms with E-state index < -0.39 is 55.2 Å². The third-order valence-corrected chi connectivity index (χ3v) is 5.82. The second kappa shape index (κ2) is 12.5. The van der Waals surface area contributed by atoms with Crippen molar-refractivity contribution in [3.05, 3.63) is 34.2 Å². The van der Waals surface area contributed by atoms with Crippen molar-refractivity contribution in [3.63, 3.8) is 0 Å². The molecule has 0 radical (unpaired) electrons. The molecule has 0 aliphatic carbocycles. The van der Waals surface area contributed by atoms with E-state index in [2.05, 4.69) is 24.8 Å². The van der Waals surface area contributed by atoms with Crippen LogP contribution in [-0.4, -0.2) is 63.0 Å². The Morgan fingerprint density at radius 3 is 2.00 bits per heavy atom. The summed E-state index contributed by atoms with van der Waals surface area (Å²) >= 11 is 5.94. The van der Waals surface area contributed by atoms with E-state index in [1.54, 1.807) is 0 Å². The number of rotatable bonds is 10. The average Bonchev–Trinajstić information content (AvgIpc) is 3.15. The van der Waals surface area contributed by atoms with Crippen LogP contribution in [0, 0.1) is 6.92 Å². The summed E-state index contributed by atoms with van der Waals surface area (Å²) in [5, 5.41) is 4.93. The molecule has 8 nitrogen and oxygen atoms in total. The van der Waals surface area contributed by atoms with Crippen molar-refractivity contribution in [2.75, 3.05) is 38.1 Å². The van der Waals surface area contributed by atoms with Gasteiger partial charge in [-0.25, -0.2) is 18.4 Å². The number of carbonyl (C=O) groups is 2. The number of esters is 2. The van der Waals surface area contributed by atoms with Gasteiger partial charge in [-0.05, 0) is 24.7 Å². The molecule has 0 aliphatic heterocycles. The largest absolute Gasteiger partial charge is 0.487 e. The molecule has 2 aromatic rings. The van der Waals surface area contributed by atoms with E-state index in [1.807, 2.05) is 0 Å². The Bertz CT molecular complexity index is 1190. The molecule has 210 valence electrons. The van der Waals surface area contributed by atoms with E-state index in [0.717, 1.165) is 43.8 Å². The fourth-order valence-electron chi connectivity index (χ4n) is 2.72. The van der Waals surface area contributed by atoms with Gasteiger partial charge in [-0.15, -0.1) is 11.3 Å². The Kier molecular flexibility index (Phi) is 10.1. The number of alkyl halides is 7. The third kappa shape index (κ3) is 8.34. The van der Waals surface area contributed by atoms with Crippen LogP contribution in [0.25, 0.3) is 0 Å². The molecule has 0 amide bonds. The maximum atomic E-state index is 13.3. The number of methoxy groups -OCH3 is 2. The van der Waals surface area contributed by atoms with E-state index in [4.69, 9.17) is 17.0 Å². The first kappa shape index (κ1) is 30.9. The molecule has 0 unspecified atom stereocenters. The first-order valence-electron chi connectivity index (χ1n) is 10.1. The standard InChI is InChI=1S/C21H19F7N2O6S2/c1-9-13(16(31)33-2)15(38-14(9)17(32)34-3)30-19(37)29-10-4-11(35-7-20(24,25)18(22)23)6-12(5-10)36-8-21(26,27)28/h4-6,18H,7-8H2,1-3H3,(H2,29,30,37). The predicted octanol–water partition coefficient (Wildman–Crippen LogP) is 5.66. The summed E-state index contributed by atoms with van der Waals surface area (Å²) in [6.45, 7) is -2.07. The summed E-state index contributed by atoms with van der Waals surface area (Å²) < 4.78 is 108. The maximum Gasteiger partial charge on any atom is 0.422 e. The Morgan fingerprint density at radius 2 is 1.50 bits per heavy atom. The first-order valence-corrected chi connectivity index (χ1v) is 11.3. The molecular weight excluding hydrogens is 573 g/mol. The zero-order chi connectivity index (χ0) is 28.8. The topological polar surface area (TPSA) is 95.1 Å². The van der Waals surface area contributed by atoms with Crippen LogP contribution in [0.15, 0.2) is 18.2 Å². The molecule has 1 heterocycles. The third-order valence-electron chi connectivity index (χ3n) is 4.43. The fraction of sp³-hybridized carbons (Fsp3) is 0.381. The number of hydrogen-bond acceptors (Lipinski definition) is 8. The van der Waals surface area contributed by atoms with Gasteiger partial charge in [0.05, 0.1) is 19.8 Å². The molecule has 1 aromatic carbocycles. The molecule has 1 aromatic heterocycles. The van der Waals surface area contributed by atoms with Gasteiger partial charge in [-0.1, -0.05) is 0 Å². The molecule has 0 atom stereocenters. The summed E-state index contributed by atoms with van der Waals surface area (Å²) in [7, 11) is 2.23. The number of carbonyl (C=O) groups excluding carboxylic acids is 2. The van der Waals surface area contributed by atoms with Crippen molar-refractivity contribution in [1.82, 2.24) is 0 Å². The number of nitrogens with one attached hydrogen (secondary N) is 2. The zero-order valence-corrected chi connectivity index (χ0v) is 21.3. The van der Waals surface area contributed by atoms with Gasteiger partial charge < -0.3 is 29.6 Å². The van der Waals surface area contributed by atoms with Crippen LogP contribution in [0.4, 0.5) is 41.4 Å². The van der Waals surface area contributed by atoms with Crippen molar-refractivity contribution >= 4 is 51.3 Å². The molecular formula is C21H19F7N2O6S2. The molecule has 0 saturated carbocycles. The van der Waals surface area contributed by atoms with Crippen LogP contribution < -0.4 is 20.1 Å². The SMILES string of the molecule is COC(=O)c1sc(NC(=S)Nc2cc(OCC(F)(F)F)cc(OCC(F)(F)C(F)F)c2)c(C(=O)OC)c1C. The van der Waals surface area contributed by atoms with E-state index in [9.17, 15) is 40.3 Å². The van der Waals surface area contributed by atoms with E-state index in [0.29, 0.717) is 0 Å². The van der Waals surface area contributed by atoms with Crippen molar-refractivity contribution in [1.29, 1.82) is 0 Å². The summed E-state index contributed by atoms with van der Waals surface area (Å²) in [6, 6.07) is 2.77. The number of benzene rings is 1. The highest BCUT2D eigenvalue weighted by Crippen LogP contribution is 2.35. The summed E-state index contributed by atoms with van der Waals surface area (Å²) in [6.07, 6.45) is -8.79. The Labute approximate surface area is 220 Å². The number of ether oxygens (including phenoxy) is 4. The van der Waals surface area contributed by atoms with Crippen LogP contribution >= 0.6 is 23.6 Å². The van der Waals surface area contributed by atoms with Crippen molar-refractivity contribution in [3.8, 4) is 11.5 Å². The monoisotopic (exact) mass is 592 g/mol. The van der Waals surface area contributed by atoms with Gasteiger partial charge in [-0.2, -0.15) is 22.0 Å². The quantitative estimate of drug-likeness (QED) is 0.206. The van der Waals surface area contributed by atoms with Gasteiger partial charge in [0.1, 0.15) is 21.4 Å². The minimum atomic E-state index is -4.75. The lowest BCUT2D eigenvalue weighted by Crippen LogP contribution is -2.33. The lowest BCUT2D eigenvalue weighted by atomic mass is 10.1. The molecule has 38 heavy (non-hydrogen) atoms. The van der Waals surface area contributed by atoms with Gasteiger partial charge in [-0.3, -0.25) is 0 Å². The van der Waals surface area contributed by atoms with Gasteiger partial charge in [0.15, 0.2) is 18.3 Å². The number of thiophene rings is 1. The number of hydrogen-bond donors (Lipinski definition) is 2. The molecule has 0 saturated heterocycles. The van der Waals surface area contributed by atoms with E-state index in [1.165, 1.54) is 6.92 Å². The highest BCUT2D eigenvalue weighted by Gasteiger charge is 2.41. The first-order chi connectivity index (χ1) is 17.6. The van der Waals surface area contributed by atoms with Gasteiger partial charge in [0, 0.05) is 23.9 Å². The Morgan fingerprint density at radius 1 is 0.947 bits per heavy atom. The lowest BCUT2D eigenvalue weighted by Gasteiger charge is -2.18. The Hall–Kier alpha value is -3.34. The van der Waals surface area contributed by atoms with Crippen LogP contribution in [0.2, 0.25) is 0 Å². The molecule has 0 bridgehead atoms.